The Hall–Kier alpha value is -2.41. The van der Waals surface area contributed by atoms with Crippen LogP contribution in [0.1, 0.15) is 18.9 Å². The van der Waals surface area contributed by atoms with E-state index in [0.29, 0.717) is 11.9 Å². The Labute approximate surface area is 116 Å². The van der Waals surface area contributed by atoms with Crippen LogP contribution < -0.4 is 15.5 Å². The number of carbonyl (C=O) groups excluding carboxylic acids is 1. The first-order valence-electron chi connectivity index (χ1n) is 6.36. The molecule has 1 amide bonds. The van der Waals surface area contributed by atoms with Crippen molar-refractivity contribution in [2.75, 3.05) is 23.8 Å². The first-order valence-corrected chi connectivity index (χ1v) is 6.36. The highest BCUT2D eigenvalue weighted by Gasteiger charge is 2.27. The highest BCUT2D eigenvalue weighted by atomic mass is 16.4. The summed E-state index contributed by atoms with van der Waals surface area (Å²) < 4.78 is 5.64. The van der Waals surface area contributed by atoms with Crippen LogP contribution in [0.4, 0.5) is 17.4 Å². The highest BCUT2D eigenvalue weighted by Crippen LogP contribution is 2.34. The van der Waals surface area contributed by atoms with Gasteiger partial charge in [-0.1, -0.05) is 17.2 Å². The molecule has 1 aromatic heterocycles. The fourth-order valence-electron chi connectivity index (χ4n) is 2.04. The lowest BCUT2D eigenvalue weighted by Crippen LogP contribution is -2.35. The third-order valence-electron chi connectivity index (χ3n) is 3.23. The lowest BCUT2D eigenvalue weighted by molar-refractivity contribution is -0.115. The molecule has 1 aromatic carbocycles. The van der Waals surface area contributed by atoms with Gasteiger partial charge in [0.15, 0.2) is 0 Å². The van der Waals surface area contributed by atoms with E-state index in [1.807, 2.05) is 38.2 Å². The number of amides is 1. The second-order valence-corrected chi connectivity index (χ2v) is 4.58. The zero-order valence-electron chi connectivity index (χ0n) is 11.3. The van der Waals surface area contributed by atoms with Gasteiger partial charge in [-0.3, -0.25) is 9.69 Å². The normalized spacial score (nSPS) is 15.7. The molecule has 2 N–H and O–H groups in total. The molecule has 3 rings (SSSR count). The third-order valence-corrected chi connectivity index (χ3v) is 3.23. The monoisotopic (exact) mass is 273 g/mol. The van der Waals surface area contributed by atoms with Gasteiger partial charge < -0.3 is 15.1 Å². The quantitative estimate of drug-likeness (QED) is 0.880. The summed E-state index contributed by atoms with van der Waals surface area (Å²) in [4.78, 5) is 13.5. The maximum atomic E-state index is 11.8. The first kappa shape index (κ1) is 12.6. The van der Waals surface area contributed by atoms with E-state index in [9.17, 15) is 4.79 Å². The highest BCUT2D eigenvalue weighted by molar-refractivity contribution is 6.02. The van der Waals surface area contributed by atoms with Crippen molar-refractivity contribution < 1.29 is 9.21 Å². The van der Waals surface area contributed by atoms with Crippen LogP contribution in [0.15, 0.2) is 28.7 Å². The minimum atomic E-state index is -0.106. The van der Waals surface area contributed by atoms with Gasteiger partial charge in [0.2, 0.25) is 11.8 Å². The lowest BCUT2D eigenvalue weighted by Gasteiger charge is -2.27. The number of fused-ring (bicyclic) bond motifs is 1. The van der Waals surface area contributed by atoms with Crippen LogP contribution in [0.3, 0.4) is 0 Å². The molecule has 1 aliphatic rings. The number of aromatic nitrogens is 2. The molecule has 0 bridgehead atoms. The van der Waals surface area contributed by atoms with Crippen LogP contribution in [-0.2, 0) is 4.79 Å². The van der Waals surface area contributed by atoms with Gasteiger partial charge in [0.05, 0.1) is 17.4 Å². The van der Waals surface area contributed by atoms with Crippen molar-refractivity contribution in [2.24, 2.45) is 0 Å². The SMILES string of the molecule is CNC(C)c1nnc(N2CC(=O)Nc3ccccc32)o1. The topological polar surface area (TPSA) is 83.3 Å². The summed E-state index contributed by atoms with van der Waals surface area (Å²) in [5.41, 5.74) is 1.59. The van der Waals surface area contributed by atoms with Crippen LogP contribution in [0.5, 0.6) is 0 Å². The van der Waals surface area contributed by atoms with Crippen LogP contribution in [0.25, 0.3) is 0 Å². The smallest absolute Gasteiger partial charge is 0.323 e. The average molecular weight is 273 g/mol. The summed E-state index contributed by atoms with van der Waals surface area (Å²) in [6, 6.07) is 7.80. The predicted octanol–water partition coefficient (Wildman–Crippen LogP) is 1.44. The molecule has 1 atom stereocenters. The molecule has 0 radical (unpaired) electrons. The molecule has 0 fully saturated rings. The number of para-hydroxylation sites is 2. The lowest BCUT2D eigenvalue weighted by atomic mass is 10.2. The molecule has 7 heteroatoms. The molecule has 7 nitrogen and oxygen atoms in total. The van der Waals surface area contributed by atoms with E-state index < -0.39 is 0 Å². The standard InChI is InChI=1S/C13H15N5O2/c1-8(14-2)12-16-17-13(20-12)18-7-11(19)15-9-5-3-4-6-10(9)18/h3-6,8,14H,7H2,1-2H3,(H,15,19). The summed E-state index contributed by atoms with van der Waals surface area (Å²) in [5, 5.41) is 13.9. The second kappa shape index (κ2) is 4.93. The Kier molecular flexibility index (Phi) is 3.11. The largest absolute Gasteiger partial charge is 0.406 e. The number of benzene rings is 1. The van der Waals surface area contributed by atoms with Crippen molar-refractivity contribution in [3.05, 3.63) is 30.2 Å². The number of carbonyl (C=O) groups is 1. The molecule has 2 heterocycles. The van der Waals surface area contributed by atoms with E-state index in [0.717, 1.165) is 11.4 Å². The number of nitrogens with one attached hydrogen (secondary N) is 2. The van der Waals surface area contributed by atoms with Gasteiger partial charge >= 0.3 is 6.01 Å². The average Bonchev–Trinajstić information content (AvgIpc) is 2.95. The summed E-state index contributed by atoms with van der Waals surface area (Å²) in [7, 11) is 1.82. The van der Waals surface area contributed by atoms with E-state index in [-0.39, 0.29) is 18.5 Å². The molecule has 1 unspecified atom stereocenters. The Morgan fingerprint density at radius 2 is 2.20 bits per heavy atom. The summed E-state index contributed by atoms with van der Waals surface area (Å²) in [6.07, 6.45) is 0. The number of anilines is 3. The summed E-state index contributed by atoms with van der Waals surface area (Å²) in [6.45, 7) is 2.08. The molecule has 1 aliphatic heterocycles. The predicted molar refractivity (Wildman–Crippen MR) is 73.9 cm³/mol. The molecule has 0 aliphatic carbocycles. The van der Waals surface area contributed by atoms with Gasteiger partial charge in [0, 0.05) is 0 Å². The van der Waals surface area contributed by atoms with E-state index in [4.69, 9.17) is 4.42 Å². The van der Waals surface area contributed by atoms with Crippen molar-refractivity contribution in [1.82, 2.24) is 15.5 Å². The van der Waals surface area contributed by atoms with Gasteiger partial charge in [-0.15, -0.1) is 5.10 Å². The zero-order chi connectivity index (χ0) is 14.1. The Morgan fingerprint density at radius 3 is 3.00 bits per heavy atom. The minimum Gasteiger partial charge on any atom is -0.406 e. The molecular formula is C13H15N5O2. The first-order chi connectivity index (χ1) is 9.69. The maximum Gasteiger partial charge on any atom is 0.323 e. The van der Waals surface area contributed by atoms with Crippen LogP contribution in [0.2, 0.25) is 0 Å². The van der Waals surface area contributed by atoms with Gasteiger partial charge in [-0.2, -0.15) is 0 Å². The minimum absolute atomic E-state index is 0.0369. The molecule has 0 saturated heterocycles. The van der Waals surface area contributed by atoms with E-state index >= 15 is 0 Å². The summed E-state index contributed by atoms with van der Waals surface area (Å²) >= 11 is 0. The van der Waals surface area contributed by atoms with Crippen molar-refractivity contribution in [3.63, 3.8) is 0 Å². The number of hydrogen-bond acceptors (Lipinski definition) is 6. The fraction of sp³-hybridized carbons (Fsp3) is 0.308. The molecule has 0 saturated carbocycles. The van der Waals surface area contributed by atoms with Crippen molar-refractivity contribution in [3.8, 4) is 0 Å². The fourth-order valence-corrected chi connectivity index (χ4v) is 2.04. The molecule has 2 aromatic rings. The van der Waals surface area contributed by atoms with Gasteiger partial charge in [-0.25, -0.2) is 0 Å². The van der Waals surface area contributed by atoms with Gasteiger partial charge in [0.25, 0.3) is 0 Å². The third kappa shape index (κ3) is 2.12. The number of hydrogen-bond donors (Lipinski definition) is 2. The molecular weight excluding hydrogens is 258 g/mol. The summed E-state index contributed by atoms with van der Waals surface area (Å²) in [5.74, 6) is 0.385. The second-order valence-electron chi connectivity index (χ2n) is 4.58. The number of nitrogens with zero attached hydrogens (tertiary/aromatic N) is 3. The van der Waals surface area contributed by atoms with Crippen molar-refractivity contribution >= 4 is 23.3 Å². The van der Waals surface area contributed by atoms with E-state index in [1.165, 1.54) is 0 Å². The van der Waals surface area contributed by atoms with Gasteiger partial charge in [-0.05, 0) is 26.1 Å². The Balaban J connectivity index is 1.98. The Morgan fingerprint density at radius 1 is 1.40 bits per heavy atom. The van der Waals surface area contributed by atoms with Crippen LogP contribution >= 0.6 is 0 Å². The van der Waals surface area contributed by atoms with E-state index in [2.05, 4.69) is 20.8 Å². The Bertz CT molecular complexity index is 639. The molecule has 20 heavy (non-hydrogen) atoms. The van der Waals surface area contributed by atoms with Crippen molar-refractivity contribution in [1.29, 1.82) is 0 Å². The van der Waals surface area contributed by atoms with Crippen molar-refractivity contribution in [2.45, 2.75) is 13.0 Å². The van der Waals surface area contributed by atoms with Gasteiger partial charge in [0.1, 0.15) is 6.54 Å². The van der Waals surface area contributed by atoms with E-state index in [1.54, 1.807) is 4.90 Å². The number of rotatable bonds is 3. The van der Waals surface area contributed by atoms with Crippen LogP contribution in [-0.4, -0.2) is 29.7 Å². The molecule has 0 spiro atoms. The molecule has 104 valence electrons. The van der Waals surface area contributed by atoms with Crippen LogP contribution in [0, 0.1) is 0 Å². The zero-order valence-corrected chi connectivity index (χ0v) is 11.3. The maximum absolute atomic E-state index is 11.8.